The van der Waals surface area contributed by atoms with Crippen LogP contribution in [0.2, 0.25) is 0 Å². The van der Waals surface area contributed by atoms with Gasteiger partial charge in [0.2, 0.25) is 5.95 Å². The number of nitrogens with zero attached hydrogens (tertiary/aromatic N) is 4. The van der Waals surface area contributed by atoms with Crippen LogP contribution in [0.4, 0.5) is 11.8 Å². The highest BCUT2D eigenvalue weighted by atomic mass is 15.2. The molecule has 0 aromatic carbocycles. The van der Waals surface area contributed by atoms with Gasteiger partial charge in [0.15, 0.2) is 0 Å². The highest BCUT2D eigenvalue weighted by Crippen LogP contribution is 2.24. The van der Waals surface area contributed by atoms with Gasteiger partial charge in [0, 0.05) is 38.4 Å². The van der Waals surface area contributed by atoms with Crippen LogP contribution in [-0.4, -0.2) is 54.6 Å². The average Bonchev–Trinajstić information content (AvgIpc) is 3.00. The molecule has 0 radical (unpaired) electrons. The Kier molecular flexibility index (Phi) is 4.58. The molecule has 0 unspecified atom stereocenters. The minimum Gasteiger partial charge on any atom is -0.357 e. The van der Waals surface area contributed by atoms with Gasteiger partial charge < -0.3 is 15.1 Å². The molecule has 21 heavy (non-hydrogen) atoms. The topological polar surface area (TPSA) is 44.3 Å². The van der Waals surface area contributed by atoms with Crippen molar-refractivity contribution in [3.63, 3.8) is 0 Å². The normalized spacial score (nSPS) is 21.0. The van der Waals surface area contributed by atoms with Crippen LogP contribution in [0.1, 0.15) is 31.4 Å². The number of hydrogen-bond acceptors (Lipinski definition) is 5. The molecule has 2 saturated heterocycles. The van der Waals surface area contributed by atoms with Crippen molar-refractivity contribution in [3.8, 4) is 0 Å². The maximum absolute atomic E-state index is 4.60. The van der Waals surface area contributed by atoms with Gasteiger partial charge in [-0.15, -0.1) is 0 Å². The summed E-state index contributed by atoms with van der Waals surface area (Å²) >= 11 is 0. The van der Waals surface area contributed by atoms with Crippen molar-refractivity contribution in [2.75, 3.05) is 50.0 Å². The van der Waals surface area contributed by atoms with E-state index < -0.39 is 0 Å². The summed E-state index contributed by atoms with van der Waals surface area (Å²) in [6.07, 6.45) is 5.36. The summed E-state index contributed by atoms with van der Waals surface area (Å²) in [5, 5.41) is 3.05. The number of aromatic nitrogens is 2. The largest absolute Gasteiger partial charge is 0.357 e. The molecule has 0 aliphatic carbocycles. The van der Waals surface area contributed by atoms with E-state index in [1.165, 1.54) is 45.3 Å². The van der Waals surface area contributed by atoms with E-state index in [9.17, 15) is 0 Å². The van der Waals surface area contributed by atoms with E-state index in [1.807, 2.05) is 14.0 Å². The van der Waals surface area contributed by atoms with Crippen LogP contribution in [-0.2, 0) is 0 Å². The minimum absolute atomic E-state index is 0.726. The second-order valence-electron chi connectivity index (χ2n) is 6.38. The van der Waals surface area contributed by atoms with E-state index in [4.69, 9.17) is 0 Å². The van der Waals surface area contributed by atoms with Gasteiger partial charge in [-0.05, 0) is 51.6 Å². The predicted octanol–water partition coefficient (Wildman–Crippen LogP) is 2.14. The second-order valence-corrected chi connectivity index (χ2v) is 6.38. The summed E-state index contributed by atoms with van der Waals surface area (Å²) in [4.78, 5) is 14.0. The summed E-state index contributed by atoms with van der Waals surface area (Å²) in [5.41, 5.74) is 1.03. The Labute approximate surface area is 127 Å². The SMILES string of the molecule is CNc1nc(C)cc(N2CCC(CN3CCCC3)CC2)n1. The van der Waals surface area contributed by atoms with Crippen molar-refractivity contribution in [2.45, 2.75) is 32.6 Å². The number of likely N-dealkylation sites (tertiary alicyclic amines) is 1. The predicted molar refractivity (Wildman–Crippen MR) is 86.9 cm³/mol. The maximum atomic E-state index is 4.60. The number of anilines is 2. The molecule has 0 amide bonds. The zero-order valence-electron chi connectivity index (χ0n) is 13.3. The Morgan fingerprint density at radius 2 is 1.86 bits per heavy atom. The minimum atomic E-state index is 0.726. The van der Waals surface area contributed by atoms with E-state index in [-0.39, 0.29) is 0 Å². The van der Waals surface area contributed by atoms with Crippen LogP contribution < -0.4 is 10.2 Å². The highest BCUT2D eigenvalue weighted by molar-refractivity contribution is 5.44. The third kappa shape index (κ3) is 3.64. The molecule has 0 saturated carbocycles. The molecule has 1 N–H and O–H groups in total. The molecule has 5 heteroatoms. The number of rotatable bonds is 4. The second kappa shape index (κ2) is 6.60. The van der Waals surface area contributed by atoms with Gasteiger partial charge in [-0.2, -0.15) is 4.98 Å². The van der Waals surface area contributed by atoms with Crippen LogP contribution in [0.25, 0.3) is 0 Å². The van der Waals surface area contributed by atoms with Gasteiger partial charge in [-0.25, -0.2) is 4.98 Å². The molecular weight excluding hydrogens is 262 g/mol. The molecule has 1 aromatic rings. The fourth-order valence-electron chi connectivity index (χ4n) is 3.50. The molecule has 1 aromatic heterocycles. The van der Waals surface area contributed by atoms with E-state index in [0.717, 1.165) is 36.5 Å². The Morgan fingerprint density at radius 1 is 1.14 bits per heavy atom. The lowest BCUT2D eigenvalue weighted by Crippen LogP contribution is -2.38. The lowest BCUT2D eigenvalue weighted by Gasteiger charge is -2.34. The Morgan fingerprint density at radius 3 is 2.52 bits per heavy atom. The molecule has 3 heterocycles. The van der Waals surface area contributed by atoms with Gasteiger partial charge in [0.1, 0.15) is 5.82 Å². The summed E-state index contributed by atoms with van der Waals surface area (Å²) in [5.74, 6) is 2.67. The molecule has 0 bridgehead atoms. The molecule has 2 aliphatic rings. The fraction of sp³-hybridized carbons (Fsp3) is 0.750. The molecule has 0 spiro atoms. The van der Waals surface area contributed by atoms with E-state index in [2.05, 4.69) is 31.2 Å². The van der Waals surface area contributed by atoms with Gasteiger partial charge >= 0.3 is 0 Å². The van der Waals surface area contributed by atoms with Crippen molar-refractivity contribution in [3.05, 3.63) is 11.8 Å². The van der Waals surface area contributed by atoms with Gasteiger partial charge in [-0.1, -0.05) is 0 Å². The maximum Gasteiger partial charge on any atom is 0.224 e. The Balaban J connectivity index is 1.56. The van der Waals surface area contributed by atoms with Gasteiger partial charge in [0.25, 0.3) is 0 Å². The Bertz CT molecular complexity index is 462. The van der Waals surface area contributed by atoms with Crippen LogP contribution in [0, 0.1) is 12.8 Å². The first-order valence-electron chi connectivity index (χ1n) is 8.25. The monoisotopic (exact) mass is 289 g/mol. The van der Waals surface area contributed by atoms with Gasteiger partial charge in [-0.3, -0.25) is 0 Å². The average molecular weight is 289 g/mol. The van der Waals surface area contributed by atoms with E-state index in [0.29, 0.717) is 0 Å². The third-order valence-electron chi connectivity index (χ3n) is 4.72. The molecule has 0 atom stereocenters. The van der Waals surface area contributed by atoms with Crippen LogP contribution in [0.5, 0.6) is 0 Å². The fourth-order valence-corrected chi connectivity index (χ4v) is 3.50. The molecular formula is C16H27N5. The molecule has 2 aliphatic heterocycles. The van der Waals surface area contributed by atoms with Crippen LogP contribution >= 0.6 is 0 Å². The number of piperidine rings is 1. The van der Waals surface area contributed by atoms with Gasteiger partial charge in [0.05, 0.1) is 0 Å². The quantitative estimate of drug-likeness (QED) is 0.920. The Hall–Kier alpha value is -1.36. The van der Waals surface area contributed by atoms with Crippen molar-refractivity contribution < 1.29 is 0 Å². The standard InChI is InChI=1S/C16H27N5/c1-13-11-15(19-16(17-2)18-13)21-9-5-14(6-10-21)12-20-7-3-4-8-20/h11,14H,3-10,12H2,1-2H3,(H,17,18,19). The molecule has 2 fully saturated rings. The molecule has 116 valence electrons. The number of aryl methyl sites for hydroxylation is 1. The number of hydrogen-bond donors (Lipinski definition) is 1. The lowest BCUT2D eigenvalue weighted by atomic mass is 9.96. The first-order valence-corrected chi connectivity index (χ1v) is 8.25. The van der Waals surface area contributed by atoms with Crippen molar-refractivity contribution in [2.24, 2.45) is 5.92 Å². The summed E-state index contributed by atoms with van der Waals surface area (Å²) < 4.78 is 0. The van der Waals surface area contributed by atoms with Crippen LogP contribution in [0.3, 0.4) is 0 Å². The molecule has 5 nitrogen and oxygen atoms in total. The summed E-state index contributed by atoms with van der Waals surface area (Å²) in [6, 6.07) is 2.10. The first-order chi connectivity index (χ1) is 10.2. The molecule has 3 rings (SSSR count). The van der Waals surface area contributed by atoms with E-state index >= 15 is 0 Å². The first kappa shape index (κ1) is 14.6. The third-order valence-corrected chi connectivity index (χ3v) is 4.72. The van der Waals surface area contributed by atoms with Crippen LogP contribution in [0.15, 0.2) is 6.07 Å². The zero-order valence-corrected chi connectivity index (χ0v) is 13.3. The number of nitrogens with one attached hydrogen (secondary N) is 1. The lowest BCUT2D eigenvalue weighted by molar-refractivity contribution is 0.249. The summed E-state index contributed by atoms with van der Waals surface area (Å²) in [6.45, 7) is 8.22. The smallest absolute Gasteiger partial charge is 0.224 e. The highest BCUT2D eigenvalue weighted by Gasteiger charge is 2.23. The summed E-state index contributed by atoms with van der Waals surface area (Å²) in [7, 11) is 1.88. The van der Waals surface area contributed by atoms with E-state index in [1.54, 1.807) is 0 Å². The van der Waals surface area contributed by atoms with Crippen molar-refractivity contribution >= 4 is 11.8 Å². The zero-order chi connectivity index (χ0) is 14.7. The van der Waals surface area contributed by atoms with Crippen molar-refractivity contribution in [1.29, 1.82) is 0 Å². The van der Waals surface area contributed by atoms with Crippen molar-refractivity contribution in [1.82, 2.24) is 14.9 Å².